The first kappa shape index (κ1) is 11.2. The van der Waals surface area contributed by atoms with Crippen molar-refractivity contribution in [1.82, 2.24) is 0 Å². The molecule has 0 fully saturated rings. The molecule has 3 nitrogen and oxygen atoms in total. The van der Waals surface area contributed by atoms with E-state index in [1.807, 2.05) is 22.6 Å². The third-order valence-corrected chi connectivity index (χ3v) is 2.22. The molecule has 0 spiro atoms. The van der Waals surface area contributed by atoms with E-state index in [-0.39, 0.29) is 5.75 Å². The molecule has 14 heavy (non-hydrogen) atoms. The van der Waals surface area contributed by atoms with Gasteiger partial charge in [0.25, 0.3) is 0 Å². The molecule has 1 N–H and O–H groups in total. The number of benzene rings is 1. The molecule has 1 rings (SSSR count). The lowest BCUT2D eigenvalue weighted by Crippen LogP contribution is -2.23. The third kappa shape index (κ3) is 2.83. The van der Waals surface area contributed by atoms with E-state index in [9.17, 15) is 9.18 Å². The van der Waals surface area contributed by atoms with Crippen LogP contribution in [0.2, 0.25) is 0 Å². The van der Waals surface area contributed by atoms with Gasteiger partial charge < -0.3 is 9.84 Å². The first-order chi connectivity index (χ1) is 6.50. The van der Waals surface area contributed by atoms with Crippen LogP contribution in [0.15, 0.2) is 18.2 Å². The SMILES string of the molecule is C[C@H](Oc1ccc(I)cc1F)C(=O)O. The Morgan fingerprint density at radius 3 is 2.79 bits per heavy atom. The summed E-state index contributed by atoms with van der Waals surface area (Å²) in [7, 11) is 0. The minimum absolute atomic E-state index is 0.0414. The van der Waals surface area contributed by atoms with E-state index in [1.54, 1.807) is 6.07 Å². The van der Waals surface area contributed by atoms with Gasteiger partial charge in [-0.2, -0.15) is 0 Å². The van der Waals surface area contributed by atoms with E-state index in [0.717, 1.165) is 3.57 Å². The Morgan fingerprint density at radius 1 is 1.64 bits per heavy atom. The molecule has 0 amide bonds. The Labute approximate surface area is 94.0 Å². The van der Waals surface area contributed by atoms with E-state index >= 15 is 0 Å². The maximum atomic E-state index is 13.2. The van der Waals surface area contributed by atoms with Crippen molar-refractivity contribution >= 4 is 28.6 Å². The van der Waals surface area contributed by atoms with Crippen LogP contribution < -0.4 is 4.74 Å². The van der Waals surface area contributed by atoms with Gasteiger partial charge in [-0.05, 0) is 47.7 Å². The van der Waals surface area contributed by atoms with Crippen molar-refractivity contribution in [2.24, 2.45) is 0 Å². The molecule has 0 saturated heterocycles. The summed E-state index contributed by atoms with van der Waals surface area (Å²) in [5.41, 5.74) is 0. The van der Waals surface area contributed by atoms with Crippen LogP contribution >= 0.6 is 22.6 Å². The second kappa shape index (κ2) is 4.59. The van der Waals surface area contributed by atoms with Gasteiger partial charge in [0.1, 0.15) is 0 Å². The molecule has 0 aromatic heterocycles. The zero-order valence-corrected chi connectivity index (χ0v) is 9.49. The van der Waals surface area contributed by atoms with Crippen molar-refractivity contribution in [2.75, 3.05) is 0 Å². The molecule has 76 valence electrons. The highest BCUT2D eigenvalue weighted by molar-refractivity contribution is 14.1. The number of hydrogen-bond acceptors (Lipinski definition) is 2. The molecule has 0 radical (unpaired) electrons. The van der Waals surface area contributed by atoms with Crippen LogP contribution in [-0.4, -0.2) is 17.2 Å². The second-order valence-electron chi connectivity index (χ2n) is 2.67. The van der Waals surface area contributed by atoms with Crippen molar-refractivity contribution in [1.29, 1.82) is 0 Å². The summed E-state index contributed by atoms with van der Waals surface area (Å²) in [6.07, 6.45) is -1.05. The van der Waals surface area contributed by atoms with Crippen LogP contribution in [0.3, 0.4) is 0 Å². The third-order valence-electron chi connectivity index (χ3n) is 1.55. The van der Waals surface area contributed by atoms with Gasteiger partial charge in [-0.1, -0.05) is 0 Å². The number of halogens is 2. The number of carbonyl (C=O) groups is 1. The van der Waals surface area contributed by atoms with E-state index in [4.69, 9.17) is 9.84 Å². The minimum Gasteiger partial charge on any atom is -0.479 e. The summed E-state index contributed by atoms with van der Waals surface area (Å²) < 4.78 is 18.8. The molecule has 0 aliphatic heterocycles. The van der Waals surface area contributed by atoms with Crippen LogP contribution in [0, 0.1) is 9.39 Å². The molecule has 0 heterocycles. The van der Waals surface area contributed by atoms with Crippen LogP contribution in [0.5, 0.6) is 5.75 Å². The zero-order valence-electron chi connectivity index (χ0n) is 7.33. The molecule has 0 saturated carbocycles. The fourth-order valence-electron chi connectivity index (χ4n) is 0.812. The lowest BCUT2D eigenvalue weighted by atomic mass is 10.3. The minimum atomic E-state index is -1.12. The van der Waals surface area contributed by atoms with Gasteiger partial charge in [-0.25, -0.2) is 9.18 Å². The van der Waals surface area contributed by atoms with Crippen LogP contribution in [-0.2, 0) is 4.79 Å². The molecular weight excluding hydrogens is 302 g/mol. The predicted molar refractivity (Wildman–Crippen MR) is 56.8 cm³/mol. The van der Waals surface area contributed by atoms with E-state index in [1.165, 1.54) is 19.1 Å². The summed E-state index contributed by atoms with van der Waals surface area (Å²) in [6, 6.07) is 4.34. The monoisotopic (exact) mass is 310 g/mol. The lowest BCUT2D eigenvalue weighted by molar-refractivity contribution is -0.144. The fraction of sp³-hybridized carbons (Fsp3) is 0.222. The summed E-state index contributed by atoms with van der Waals surface area (Å²) in [6.45, 7) is 1.35. The molecule has 1 aromatic rings. The van der Waals surface area contributed by atoms with E-state index < -0.39 is 17.9 Å². The smallest absolute Gasteiger partial charge is 0.344 e. The maximum Gasteiger partial charge on any atom is 0.344 e. The Bertz CT molecular complexity index is 354. The summed E-state index contributed by atoms with van der Waals surface area (Å²) in [5.74, 6) is -1.71. The quantitative estimate of drug-likeness (QED) is 0.871. The van der Waals surface area contributed by atoms with E-state index in [0.29, 0.717) is 0 Å². The van der Waals surface area contributed by atoms with Crippen molar-refractivity contribution in [3.8, 4) is 5.75 Å². The van der Waals surface area contributed by atoms with Gasteiger partial charge in [-0.15, -0.1) is 0 Å². The number of hydrogen-bond donors (Lipinski definition) is 1. The number of carboxylic acids is 1. The molecule has 1 atom stereocenters. The second-order valence-corrected chi connectivity index (χ2v) is 3.92. The summed E-state index contributed by atoms with van der Waals surface area (Å²) >= 11 is 1.96. The topological polar surface area (TPSA) is 46.5 Å². The van der Waals surface area contributed by atoms with Gasteiger partial charge in [0.15, 0.2) is 17.7 Å². The molecule has 0 bridgehead atoms. The first-order valence-electron chi connectivity index (χ1n) is 3.85. The standard InChI is InChI=1S/C9H8FIO3/c1-5(9(12)13)14-8-3-2-6(11)4-7(8)10/h2-5H,1H3,(H,12,13)/t5-/m0/s1. The highest BCUT2D eigenvalue weighted by Gasteiger charge is 2.14. The van der Waals surface area contributed by atoms with Gasteiger partial charge in [-0.3, -0.25) is 0 Å². The average Bonchev–Trinajstić information content (AvgIpc) is 2.09. The zero-order chi connectivity index (χ0) is 10.7. The van der Waals surface area contributed by atoms with Crippen LogP contribution in [0.25, 0.3) is 0 Å². The fourth-order valence-corrected chi connectivity index (χ4v) is 1.26. The van der Waals surface area contributed by atoms with Crippen molar-refractivity contribution in [3.05, 3.63) is 27.6 Å². The number of carboxylic acid groups (broad SMARTS) is 1. The molecule has 0 aliphatic carbocycles. The largest absolute Gasteiger partial charge is 0.479 e. The summed E-state index contributed by atoms with van der Waals surface area (Å²) in [4.78, 5) is 10.4. The number of rotatable bonds is 3. The van der Waals surface area contributed by atoms with Crippen molar-refractivity contribution in [3.63, 3.8) is 0 Å². The molecule has 0 aliphatic rings. The Morgan fingerprint density at radius 2 is 2.29 bits per heavy atom. The van der Waals surface area contributed by atoms with Gasteiger partial charge in [0.2, 0.25) is 0 Å². The summed E-state index contributed by atoms with van der Waals surface area (Å²) in [5, 5.41) is 8.54. The van der Waals surface area contributed by atoms with Crippen LogP contribution in [0.1, 0.15) is 6.92 Å². The maximum absolute atomic E-state index is 13.2. The van der Waals surface area contributed by atoms with Crippen LogP contribution in [0.4, 0.5) is 4.39 Å². The molecule has 0 unspecified atom stereocenters. The molecular formula is C9H8FIO3. The predicted octanol–water partition coefficient (Wildman–Crippen LogP) is 2.28. The Balaban J connectivity index is 2.82. The normalized spacial score (nSPS) is 12.2. The average molecular weight is 310 g/mol. The highest BCUT2D eigenvalue weighted by Crippen LogP contribution is 2.20. The van der Waals surface area contributed by atoms with E-state index in [2.05, 4.69) is 0 Å². The molecule has 1 aromatic carbocycles. The number of ether oxygens (including phenoxy) is 1. The highest BCUT2D eigenvalue weighted by atomic mass is 127. The van der Waals surface area contributed by atoms with Gasteiger partial charge in [0, 0.05) is 3.57 Å². The first-order valence-corrected chi connectivity index (χ1v) is 4.93. The van der Waals surface area contributed by atoms with Gasteiger partial charge >= 0.3 is 5.97 Å². The van der Waals surface area contributed by atoms with Gasteiger partial charge in [0.05, 0.1) is 0 Å². The van der Waals surface area contributed by atoms with Crippen molar-refractivity contribution < 1.29 is 19.0 Å². The van der Waals surface area contributed by atoms with Crippen molar-refractivity contribution in [2.45, 2.75) is 13.0 Å². The number of aliphatic carboxylic acids is 1. The Kier molecular flexibility index (Phi) is 3.68. The molecule has 5 heteroatoms. The lowest BCUT2D eigenvalue weighted by Gasteiger charge is -2.10. The Hall–Kier alpha value is -0.850.